The molecule has 1 aliphatic rings. The minimum atomic E-state index is -0.981. The van der Waals surface area contributed by atoms with E-state index in [1.54, 1.807) is 18.5 Å². The van der Waals surface area contributed by atoms with E-state index in [0.717, 1.165) is 39.2 Å². The molecule has 0 spiro atoms. The van der Waals surface area contributed by atoms with Crippen molar-refractivity contribution in [1.29, 1.82) is 0 Å². The number of halogens is 1. The molecule has 0 amide bonds. The Morgan fingerprint density at radius 2 is 1.55 bits per heavy atom. The molecule has 5 rings (SSSR count). The second kappa shape index (κ2) is 7.09. The quantitative estimate of drug-likeness (QED) is 0.547. The average Bonchev–Trinajstić information content (AvgIpc) is 3.08. The number of nitrogens with two attached hydrogens (primary N) is 1. The molecule has 2 N–H and O–H groups in total. The molecule has 4 aromatic rings. The molecule has 2 aromatic carbocycles. The SMILES string of the molecule is Cc1cc(C2(c3cccc(-c4cncnc4)c3)N=C(N)c3c(F)cccc32)cc(C)n1. The zero-order valence-electron chi connectivity index (χ0n) is 17.2. The Bertz CT molecular complexity index is 1310. The van der Waals surface area contributed by atoms with Gasteiger partial charge in [0.05, 0.1) is 5.56 Å². The molecular formula is C25H20FN5. The van der Waals surface area contributed by atoms with E-state index in [1.165, 1.54) is 12.4 Å². The van der Waals surface area contributed by atoms with E-state index in [0.29, 0.717) is 5.56 Å². The maximum Gasteiger partial charge on any atom is 0.139 e. The van der Waals surface area contributed by atoms with Gasteiger partial charge in [-0.1, -0.05) is 30.3 Å². The number of benzene rings is 2. The van der Waals surface area contributed by atoms with Crippen LogP contribution in [0.4, 0.5) is 4.39 Å². The number of aromatic nitrogens is 3. The highest BCUT2D eigenvalue weighted by Crippen LogP contribution is 2.47. The fraction of sp³-hybridized carbons (Fsp3) is 0.120. The van der Waals surface area contributed by atoms with Crippen LogP contribution >= 0.6 is 0 Å². The molecule has 0 aliphatic carbocycles. The van der Waals surface area contributed by atoms with E-state index in [1.807, 2.05) is 56.3 Å². The monoisotopic (exact) mass is 409 g/mol. The molecule has 6 heteroatoms. The number of rotatable bonds is 3. The van der Waals surface area contributed by atoms with Gasteiger partial charge in [-0.05, 0) is 54.8 Å². The summed E-state index contributed by atoms with van der Waals surface area (Å²) >= 11 is 0. The van der Waals surface area contributed by atoms with Crippen molar-refractivity contribution >= 4 is 5.84 Å². The number of aryl methyl sites for hydroxylation is 2. The van der Waals surface area contributed by atoms with Gasteiger partial charge in [-0.2, -0.15) is 0 Å². The second-order valence-electron chi connectivity index (χ2n) is 7.72. The van der Waals surface area contributed by atoms with Crippen molar-refractivity contribution in [2.45, 2.75) is 19.4 Å². The van der Waals surface area contributed by atoms with Gasteiger partial charge in [0, 0.05) is 34.9 Å². The van der Waals surface area contributed by atoms with E-state index in [4.69, 9.17) is 10.7 Å². The van der Waals surface area contributed by atoms with Crippen molar-refractivity contribution in [1.82, 2.24) is 15.0 Å². The molecule has 1 unspecified atom stereocenters. The van der Waals surface area contributed by atoms with Crippen LogP contribution in [0.2, 0.25) is 0 Å². The van der Waals surface area contributed by atoms with Crippen LogP contribution in [-0.4, -0.2) is 20.8 Å². The lowest BCUT2D eigenvalue weighted by atomic mass is 9.76. The first-order chi connectivity index (χ1) is 15.0. The predicted octanol–water partition coefficient (Wildman–Crippen LogP) is 4.31. The lowest BCUT2D eigenvalue weighted by molar-refractivity contribution is 0.615. The first-order valence-corrected chi connectivity index (χ1v) is 9.95. The van der Waals surface area contributed by atoms with Crippen molar-refractivity contribution in [2.75, 3.05) is 0 Å². The number of amidine groups is 1. The molecule has 0 saturated heterocycles. The molecule has 31 heavy (non-hydrogen) atoms. The van der Waals surface area contributed by atoms with Gasteiger partial charge in [0.25, 0.3) is 0 Å². The molecule has 0 bridgehead atoms. The van der Waals surface area contributed by atoms with Crippen molar-refractivity contribution in [3.63, 3.8) is 0 Å². The molecule has 152 valence electrons. The molecule has 5 nitrogen and oxygen atoms in total. The summed E-state index contributed by atoms with van der Waals surface area (Å²) < 4.78 is 14.8. The minimum absolute atomic E-state index is 0.189. The molecule has 1 aliphatic heterocycles. The van der Waals surface area contributed by atoms with E-state index in [-0.39, 0.29) is 11.7 Å². The van der Waals surface area contributed by atoms with Crippen molar-refractivity contribution in [3.05, 3.63) is 113 Å². The van der Waals surface area contributed by atoms with Crippen LogP contribution < -0.4 is 5.73 Å². The van der Waals surface area contributed by atoms with Gasteiger partial charge in [0.2, 0.25) is 0 Å². The summed E-state index contributed by atoms with van der Waals surface area (Å²) in [5, 5.41) is 0. The van der Waals surface area contributed by atoms with Crippen LogP contribution in [0.3, 0.4) is 0 Å². The molecule has 0 radical (unpaired) electrons. The molecule has 1 atom stereocenters. The number of hydrogen-bond acceptors (Lipinski definition) is 5. The average molecular weight is 409 g/mol. The maximum atomic E-state index is 14.8. The number of hydrogen-bond donors (Lipinski definition) is 1. The van der Waals surface area contributed by atoms with Crippen molar-refractivity contribution < 1.29 is 4.39 Å². The number of fused-ring (bicyclic) bond motifs is 1. The normalized spacial score (nSPS) is 17.3. The molecular weight excluding hydrogens is 389 g/mol. The van der Waals surface area contributed by atoms with Gasteiger partial charge in [-0.25, -0.2) is 19.4 Å². The zero-order chi connectivity index (χ0) is 21.6. The molecule has 2 aromatic heterocycles. The first-order valence-electron chi connectivity index (χ1n) is 9.95. The lowest BCUT2D eigenvalue weighted by Crippen LogP contribution is -2.26. The Morgan fingerprint density at radius 1 is 0.839 bits per heavy atom. The second-order valence-corrected chi connectivity index (χ2v) is 7.72. The summed E-state index contributed by atoms with van der Waals surface area (Å²) in [6, 6.07) is 17.0. The summed E-state index contributed by atoms with van der Waals surface area (Å²) in [7, 11) is 0. The Balaban J connectivity index is 1.84. The fourth-order valence-corrected chi connectivity index (χ4v) is 4.40. The highest BCUT2D eigenvalue weighted by Gasteiger charge is 2.44. The summed E-state index contributed by atoms with van der Waals surface area (Å²) in [4.78, 5) is 17.7. The molecule has 0 saturated carbocycles. The predicted molar refractivity (Wildman–Crippen MR) is 118 cm³/mol. The van der Waals surface area contributed by atoms with E-state index < -0.39 is 5.54 Å². The van der Waals surface area contributed by atoms with Crippen LogP contribution in [0.1, 0.15) is 33.6 Å². The largest absolute Gasteiger partial charge is 0.383 e. The van der Waals surface area contributed by atoms with Crippen molar-refractivity contribution in [3.8, 4) is 11.1 Å². The number of pyridine rings is 1. The third-order valence-corrected chi connectivity index (χ3v) is 5.62. The Hall–Kier alpha value is -3.93. The summed E-state index contributed by atoms with van der Waals surface area (Å²) in [6.45, 7) is 3.88. The third kappa shape index (κ3) is 2.99. The minimum Gasteiger partial charge on any atom is -0.383 e. The van der Waals surface area contributed by atoms with E-state index >= 15 is 0 Å². The van der Waals surface area contributed by atoms with Gasteiger partial charge in [0.15, 0.2) is 0 Å². The van der Waals surface area contributed by atoms with Gasteiger partial charge in [0.1, 0.15) is 23.5 Å². The third-order valence-electron chi connectivity index (χ3n) is 5.62. The van der Waals surface area contributed by atoms with Gasteiger partial charge in [-0.15, -0.1) is 0 Å². The lowest BCUT2D eigenvalue weighted by Gasteiger charge is -2.30. The van der Waals surface area contributed by atoms with Crippen LogP contribution in [0.15, 0.2) is 78.3 Å². The number of aliphatic imine (C=N–C) groups is 1. The van der Waals surface area contributed by atoms with Gasteiger partial charge >= 0.3 is 0 Å². The smallest absolute Gasteiger partial charge is 0.139 e. The van der Waals surface area contributed by atoms with Gasteiger partial charge in [-0.3, -0.25) is 4.98 Å². The molecule has 0 fully saturated rings. The van der Waals surface area contributed by atoms with Crippen LogP contribution in [0, 0.1) is 19.7 Å². The highest BCUT2D eigenvalue weighted by molar-refractivity contribution is 6.03. The van der Waals surface area contributed by atoms with Crippen LogP contribution in [0.5, 0.6) is 0 Å². The van der Waals surface area contributed by atoms with E-state index in [9.17, 15) is 4.39 Å². The Morgan fingerprint density at radius 3 is 2.29 bits per heavy atom. The first kappa shape index (κ1) is 19.1. The summed E-state index contributed by atoms with van der Waals surface area (Å²) in [6.07, 6.45) is 5.02. The zero-order valence-corrected chi connectivity index (χ0v) is 17.2. The van der Waals surface area contributed by atoms with Crippen molar-refractivity contribution in [2.24, 2.45) is 10.7 Å². The maximum absolute atomic E-state index is 14.8. The van der Waals surface area contributed by atoms with Gasteiger partial charge < -0.3 is 5.73 Å². The summed E-state index contributed by atoms with van der Waals surface area (Å²) in [5.74, 6) is -0.190. The highest BCUT2D eigenvalue weighted by atomic mass is 19.1. The summed E-state index contributed by atoms with van der Waals surface area (Å²) in [5.41, 5.74) is 11.7. The standard InChI is InChI=1S/C25H20FN5/c1-15-9-20(10-16(2)30-15)25(21-7-4-8-22(26)23(21)24(27)31-25)19-6-3-5-17(11-19)18-12-28-14-29-13-18/h3-14H,1-2H3,(H2,27,31). The Labute approximate surface area is 179 Å². The number of nitrogens with zero attached hydrogens (tertiary/aromatic N) is 4. The van der Waals surface area contributed by atoms with E-state index in [2.05, 4.69) is 15.0 Å². The van der Waals surface area contributed by atoms with Crippen LogP contribution in [0.25, 0.3) is 11.1 Å². The van der Waals surface area contributed by atoms with Crippen LogP contribution in [-0.2, 0) is 5.54 Å². The Kier molecular flexibility index (Phi) is 4.36. The molecule has 3 heterocycles. The topological polar surface area (TPSA) is 77.0 Å². The fourth-order valence-electron chi connectivity index (χ4n) is 4.40.